The summed E-state index contributed by atoms with van der Waals surface area (Å²) in [5.41, 5.74) is 1.47. The molecule has 0 atom stereocenters. The van der Waals surface area contributed by atoms with Crippen LogP contribution in [0.3, 0.4) is 0 Å². The SMILES string of the molecule is CC(C)Oc1ccccc1C(=O)NC(=S)Nc1ccccc1C(=O)N1CCN(C)CC1. The van der Waals surface area contributed by atoms with Gasteiger partial charge in [-0.2, -0.15) is 0 Å². The molecule has 2 aromatic carbocycles. The Bertz CT molecular complexity index is 955. The van der Waals surface area contributed by atoms with Crippen LogP contribution in [0.1, 0.15) is 34.6 Å². The minimum Gasteiger partial charge on any atom is -0.490 e. The maximum absolute atomic E-state index is 13.0. The molecule has 2 aromatic rings. The van der Waals surface area contributed by atoms with Crippen LogP contribution in [-0.4, -0.2) is 66.1 Å². The topological polar surface area (TPSA) is 73.9 Å². The molecule has 8 heteroatoms. The van der Waals surface area contributed by atoms with Crippen LogP contribution >= 0.6 is 12.2 Å². The molecule has 0 radical (unpaired) electrons. The van der Waals surface area contributed by atoms with Gasteiger partial charge in [0.2, 0.25) is 0 Å². The summed E-state index contributed by atoms with van der Waals surface area (Å²) in [6.07, 6.45) is -0.0634. The molecule has 3 rings (SSSR count). The second-order valence-electron chi connectivity index (χ2n) is 7.71. The number of thiocarbonyl (C=S) groups is 1. The predicted octanol–water partition coefficient (Wildman–Crippen LogP) is 2.99. The van der Waals surface area contributed by atoms with Crippen molar-refractivity contribution in [3.63, 3.8) is 0 Å². The van der Waals surface area contributed by atoms with E-state index in [1.54, 1.807) is 30.3 Å². The van der Waals surface area contributed by atoms with Crippen LogP contribution in [0.2, 0.25) is 0 Å². The number of amides is 2. The van der Waals surface area contributed by atoms with Crippen molar-refractivity contribution in [3.8, 4) is 5.75 Å². The fourth-order valence-electron chi connectivity index (χ4n) is 3.29. The molecule has 7 nitrogen and oxygen atoms in total. The predicted molar refractivity (Wildman–Crippen MR) is 126 cm³/mol. The molecule has 0 aliphatic carbocycles. The number of piperazine rings is 1. The van der Waals surface area contributed by atoms with Crippen molar-refractivity contribution >= 4 is 34.8 Å². The Morgan fingerprint density at radius 1 is 0.968 bits per heavy atom. The Kier molecular flexibility index (Phi) is 7.59. The molecule has 1 saturated heterocycles. The summed E-state index contributed by atoms with van der Waals surface area (Å²) < 4.78 is 5.71. The fourth-order valence-corrected chi connectivity index (χ4v) is 3.50. The molecule has 2 amide bonds. The zero-order valence-corrected chi connectivity index (χ0v) is 18.9. The number of carbonyl (C=O) groups is 2. The number of rotatable bonds is 5. The second kappa shape index (κ2) is 10.4. The molecule has 31 heavy (non-hydrogen) atoms. The number of nitrogens with one attached hydrogen (secondary N) is 2. The Morgan fingerprint density at radius 3 is 2.26 bits per heavy atom. The fraction of sp³-hybridized carbons (Fsp3) is 0.348. The van der Waals surface area contributed by atoms with Crippen LogP contribution in [0.25, 0.3) is 0 Å². The first-order chi connectivity index (χ1) is 14.8. The molecular formula is C23H28N4O3S. The van der Waals surface area contributed by atoms with Crippen LogP contribution < -0.4 is 15.4 Å². The Labute approximate surface area is 188 Å². The molecule has 1 heterocycles. The summed E-state index contributed by atoms with van der Waals surface area (Å²) in [7, 11) is 2.04. The van der Waals surface area contributed by atoms with Gasteiger partial charge in [0.1, 0.15) is 5.75 Å². The highest BCUT2D eigenvalue weighted by atomic mass is 32.1. The highest BCUT2D eigenvalue weighted by molar-refractivity contribution is 7.80. The molecule has 0 aromatic heterocycles. The lowest BCUT2D eigenvalue weighted by Crippen LogP contribution is -2.47. The van der Waals surface area contributed by atoms with E-state index in [1.807, 2.05) is 44.0 Å². The Hall–Kier alpha value is -2.97. The molecular weight excluding hydrogens is 412 g/mol. The lowest BCUT2D eigenvalue weighted by Gasteiger charge is -2.32. The minimum absolute atomic E-state index is 0.0546. The first-order valence-corrected chi connectivity index (χ1v) is 10.7. The van der Waals surface area contributed by atoms with Gasteiger partial charge in [-0.3, -0.25) is 14.9 Å². The Balaban J connectivity index is 1.69. The van der Waals surface area contributed by atoms with E-state index in [1.165, 1.54) is 0 Å². The van der Waals surface area contributed by atoms with E-state index < -0.39 is 0 Å². The van der Waals surface area contributed by atoms with Crippen LogP contribution in [0, 0.1) is 0 Å². The zero-order valence-electron chi connectivity index (χ0n) is 18.1. The van der Waals surface area contributed by atoms with Gasteiger partial charge in [-0.15, -0.1) is 0 Å². The summed E-state index contributed by atoms with van der Waals surface area (Å²) >= 11 is 5.35. The molecule has 1 fully saturated rings. The van der Waals surface area contributed by atoms with Crippen LogP contribution in [0.5, 0.6) is 5.75 Å². The number of hydrogen-bond donors (Lipinski definition) is 2. The van der Waals surface area contributed by atoms with Gasteiger partial charge in [0, 0.05) is 26.2 Å². The number of nitrogens with zero attached hydrogens (tertiary/aromatic N) is 2. The third-order valence-electron chi connectivity index (χ3n) is 4.92. The monoisotopic (exact) mass is 440 g/mol. The molecule has 2 N–H and O–H groups in total. The van der Waals surface area contributed by atoms with Gasteiger partial charge in [-0.05, 0) is 57.4 Å². The van der Waals surface area contributed by atoms with Crippen LogP contribution in [0.4, 0.5) is 5.69 Å². The van der Waals surface area contributed by atoms with E-state index in [9.17, 15) is 9.59 Å². The first-order valence-electron chi connectivity index (χ1n) is 10.3. The van der Waals surface area contributed by atoms with Crippen molar-refractivity contribution in [1.82, 2.24) is 15.1 Å². The minimum atomic E-state index is -0.378. The normalized spacial score (nSPS) is 14.3. The number of likely N-dealkylation sites (N-methyl/N-ethyl adjacent to an activating group) is 1. The lowest BCUT2D eigenvalue weighted by molar-refractivity contribution is 0.0665. The van der Waals surface area contributed by atoms with Crippen molar-refractivity contribution < 1.29 is 14.3 Å². The standard InChI is InChI=1S/C23H28N4O3S/c1-16(2)30-20-11-7-5-9-18(20)21(28)25-23(31)24-19-10-6-4-8-17(19)22(29)27-14-12-26(3)13-15-27/h4-11,16H,12-15H2,1-3H3,(H2,24,25,28,31). The number of hydrogen-bond acceptors (Lipinski definition) is 5. The van der Waals surface area contributed by atoms with Crippen molar-refractivity contribution in [2.75, 3.05) is 38.5 Å². The molecule has 1 aliphatic heterocycles. The smallest absolute Gasteiger partial charge is 0.261 e. The van der Waals surface area contributed by atoms with E-state index in [2.05, 4.69) is 15.5 Å². The third-order valence-corrected chi connectivity index (χ3v) is 5.12. The van der Waals surface area contributed by atoms with Crippen molar-refractivity contribution in [3.05, 3.63) is 59.7 Å². The largest absolute Gasteiger partial charge is 0.490 e. The number of para-hydroxylation sites is 2. The van der Waals surface area contributed by atoms with Gasteiger partial charge in [-0.1, -0.05) is 24.3 Å². The van der Waals surface area contributed by atoms with Crippen molar-refractivity contribution in [2.45, 2.75) is 20.0 Å². The van der Waals surface area contributed by atoms with E-state index in [-0.39, 0.29) is 23.0 Å². The molecule has 1 aliphatic rings. The summed E-state index contributed by atoms with van der Waals surface area (Å²) in [5, 5.41) is 5.79. The van der Waals surface area contributed by atoms with Gasteiger partial charge in [0.25, 0.3) is 11.8 Å². The third kappa shape index (κ3) is 6.02. The molecule has 0 saturated carbocycles. The highest BCUT2D eigenvalue weighted by Crippen LogP contribution is 2.20. The number of anilines is 1. The van der Waals surface area contributed by atoms with Crippen LogP contribution in [0.15, 0.2) is 48.5 Å². The van der Waals surface area contributed by atoms with Crippen molar-refractivity contribution in [2.24, 2.45) is 0 Å². The summed E-state index contributed by atoms with van der Waals surface area (Å²) in [4.78, 5) is 29.8. The summed E-state index contributed by atoms with van der Waals surface area (Å²) in [5.74, 6) is 0.0566. The van der Waals surface area contributed by atoms with E-state index in [0.717, 1.165) is 13.1 Å². The molecule has 0 spiro atoms. The first kappa shape index (κ1) is 22.7. The maximum Gasteiger partial charge on any atom is 0.261 e. The number of carbonyl (C=O) groups excluding carboxylic acids is 2. The average Bonchev–Trinajstić information content (AvgIpc) is 2.74. The second-order valence-corrected chi connectivity index (χ2v) is 8.12. The number of ether oxygens (including phenoxy) is 1. The molecule has 0 unspecified atom stereocenters. The van der Waals surface area contributed by atoms with E-state index in [4.69, 9.17) is 17.0 Å². The highest BCUT2D eigenvalue weighted by Gasteiger charge is 2.23. The van der Waals surface area contributed by atoms with E-state index in [0.29, 0.717) is 35.7 Å². The van der Waals surface area contributed by atoms with Gasteiger partial charge in [0.05, 0.1) is 22.9 Å². The van der Waals surface area contributed by atoms with Gasteiger partial charge in [-0.25, -0.2) is 0 Å². The summed E-state index contributed by atoms with van der Waals surface area (Å²) in [6.45, 7) is 6.83. The van der Waals surface area contributed by atoms with E-state index >= 15 is 0 Å². The van der Waals surface area contributed by atoms with Gasteiger partial charge >= 0.3 is 0 Å². The maximum atomic E-state index is 13.0. The van der Waals surface area contributed by atoms with Gasteiger partial charge < -0.3 is 19.9 Å². The lowest BCUT2D eigenvalue weighted by atomic mass is 10.1. The average molecular weight is 441 g/mol. The van der Waals surface area contributed by atoms with Crippen LogP contribution in [-0.2, 0) is 0 Å². The van der Waals surface area contributed by atoms with Gasteiger partial charge in [0.15, 0.2) is 5.11 Å². The molecule has 164 valence electrons. The molecule has 0 bridgehead atoms. The number of benzene rings is 2. The Morgan fingerprint density at radius 2 is 1.58 bits per heavy atom. The zero-order chi connectivity index (χ0) is 22.4. The quantitative estimate of drug-likeness (QED) is 0.697. The summed E-state index contributed by atoms with van der Waals surface area (Å²) in [6, 6.07) is 14.2. The van der Waals surface area contributed by atoms with Crippen molar-refractivity contribution in [1.29, 1.82) is 0 Å².